The molecule has 0 aliphatic rings. The first-order valence-corrected chi connectivity index (χ1v) is 15.6. The summed E-state index contributed by atoms with van der Waals surface area (Å²) in [7, 11) is 0. The van der Waals surface area contributed by atoms with E-state index < -0.39 is 0 Å². The highest BCUT2D eigenvalue weighted by Gasteiger charge is 2.23. The van der Waals surface area contributed by atoms with Gasteiger partial charge in [-0.25, -0.2) is 0 Å². The smallest absolute Gasteiger partial charge is 0.136 e. The van der Waals surface area contributed by atoms with Gasteiger partial charge in [-0.3, -0.25) is 0 Å². The first kappa shape index (κ1) is 26.3. The molecule has 1 heterocycles. The molecule has 0 aliphatic heterocycles. The van der Waals surface area contributed by atoms with Gasteiger partial charge in [0.05, 0.1) is 0 Å². The third kappa shape index (κ3) is 4.12. The average Bonchev–Trinajstić information content (AvgIpc) is 3.50. The van der Waals surface area contributed by atoms with Gasteiger partial charge in [0.1, 0.15) is 16.9 Å². The van der Waals surface area contributed by atoms with Crippen LogP contribution in [0.3, 0.4) is 0 Å². The maximum Gasteiger partial charge on any atom is 0.136 e. The fraction of sp³-hybridized carbons (Fsp3) is 0. The zero-order valence-corrected chi connectivity index (χ0v) is 24.9. The number of phenolic OH excluding ortho intramolecular Hbond substituents is 1. The third-order valence-electron chi connectivity index (χ3n) is 9.16. The van der Waals surface area contributed by atoms with Gasteiger partial charge in [0.15, 0.2) is 0 Å². The Bertz CT molecular complexity index is 2520. The van der Waals surface area contributed by atoms with Crippen LogP contribution in [0.1, 0.15) is 0 Å². The second kappa shape index (κ2) is 10.5. The molecule has 0 spiro atoms. The molecule has 0 saturated heterocycles. The minimum absolute atomic E-state index is 0.266. The molecule has 0 saturated carbocycles. The molecule has 1 aromatic heterocycles. The van der Waals surface area contributed by atoms with Crippen molar-refractivity contribution in [1.82, 2.24) is 0 Å². The summed E-state index contributed by atoms with van der Waals surface area (Å²) < 4.78 is 6.47. The highest BCUT2D eigenvalue weighted by atomic mass is 16.3. The summed E-state index contributed by atoms with van der Waals surface area (Å²) in [6, 6.07) is 57.1. The van der Waals surface area contributed by atoms with Crippen LogP contribution in [-0.2, 0) is 0 Å². The fourth-order valence-corrected chi connectivity index (χ4v) is 7.15. The molecule has 0 aliphatic carbocycles. The molecule has 2 nitrogen and oxygen atoms in total. The lowest BCUT2D eigenvalue weighted by Crippen LogP contribution is -1.94. The Balaban J connectivity index is 1.43. The summed E-state index contributed by atoms with van der Waals surface area (Å²) >= 11 is 0. The fourth-order valence-electron chi connectivity index (χ4n) is 7.15. The molecule has 46 heavy (non-hydrogen) atoms. The van der Waals surface area contributed by atoms with E-state index in [4.69, 9.17) is 4.42 Å². The summed E-state index contributed by atoms with van der Waals surface area (Å²) in [5.74, 6) is 0.266. The van der Waals surface area contributed by atoms with Crippen LogP contribution < -0.4 is 0 Å². The Hall–Kier alpha value is -6.12. The van der Waals surface area contributed by atoms with Gasteiger partial charge in [0.25, 0.3) is 0 Å². The molecule has 0 radical (unpaired) electrons. The number of hydrogen-bond donors (Lipinski definition) is 1. The van der Waals surface area contributed by atoms with Crippen LogP contribution in [-0.4, -0.2) is 5.11 Å². The summed E-state index contributed by atoms with van der Waals surface area (Å²) in [5.41, 5.74) is 11.1. The van der Waals surface area contributed by atoms with E-state index in [0.717, 1.165) is 38.6 Å². The topological polar surface area (TPSA) is 33.4 Å². The Morgan fingerprint density at radius 3 is 1.61 bits per heavy atom. The Morgan fingerprint density at radius 1 is 0.348 bits per heavy atom. The van der Waals surface area contributed by atoms with Crippen LogP contribution in [0.25, 0.3) is 88.0 Å². The van der Waals surface area contributed by atoms with E-state index in [1.165, 1.54) is 49.4 Å². The second-order valence-corrected chi connectivity index (χ2v) is 11.8. The van der Waals surface area contributed by atoms with Crippen molar-refractivity contribution in [3.05, 3.63) is 164 Å². The van der Waals surface area contributed by atoms with Gasteiger partial charge < -0.3 is 9.52 Å². The van der Waals surface area contributed by atoms with E-state index in [2.05, 4.69) is 133 Å². The number of fused-ring (bicyclic) bond motifs is 5. The zero-order chi connectivity index (χ0) is 30.6. The van der Waals surface area contributed by atoms with Gasteiger partial charge in [-0.15, -0.1) is 0 Å². The Morgan fingerprint density at radius 2 is 0.913 bits per heavy atom. The predicted octanol–water partition coefficient (Wildman–Crippen LogP) is 12.3. The van der Waals surface area contributed by atoms with Crippen LogP contribution in [0.15, 0.2) is 168 Å². The van der Waals surface area contributed by atoms with Crippen LogP contribution >= 0.6 is 0 Å². The molecule has 0 fully saturated rings. The lowest BCUT2D eigenvalue weighted by atomic mass is 9.82. The van der Waals surface area contributed by atoms with Crippen molar-refractivity contribution in [2.45, 2.75) is 0 Å². The molecule has 0 amide bonds. The molecule has 0 atom stereocenters. The first-order valence-electron chi connectivity index (χ1n) is 15.6. The molecule has 1 N–H and O–H groups in total. The van der Waals surface area contributed by atoms with Crippen molar-refractivity contribution in [2.24, 2.45) is 0 Å². The lowest BCUT2D eigenvalue weighted by Gasteiger charge is -2.20. The van der Waals surface area contributed by atoms with Gasteiger partial charge in [-0.2, -0.15) is 0 Å². The zero-order valence-electron chi connectivity index (χ0n) is 24.9. The number of furan rings is 1. The first-order chi connectivity index (χ1) is 22.7. The molecule has 8 aromatic carbocycles. The van der Waals surface area contributed by atoms with Crippen LogP contribution in [0, 0.1) is 0 Å². The van der Waals surface area contributed by atoms with Crippen molar-refractivity contribution in [2.75, 3.05) is 0 Å². The lowest BCUT2D eigenvalue weighted by molar-refractivity contribution is 0.475. The SMILES string of the molecule is Oc1ccc(-c2cccc(-c3c4ccccc4c(-c4c(-c5ccccc5)ccc5oc6ccccc6c45)c4ccccc34)c2)cc1. The maximum absolute atomic E-state index is 9.89. The molecule has 2 heteroatoms. The summed E-state index contributed by atoms with van der Waals surface area (Å²) in [6.45, 7) is 0. The molecule has 0 bridgehead atoms. The number of phenols is 1. The number of benzene rings is 8. The van der Waals surface area contributed by atoms with E-state index in [0.29, 0.717) is 0 Å². The number of aromatic hydroxyl groups is 1. The largest absolute Gasteiger partial charge is 0.508 e. The standard InChI is InChI=1S/C44H28O2/c45-32-23-21-28(22-24-32)30-13-10-14-31(27-30)41-34-15-4-6-17-36(34)42(37-18-7-5-16-35(37)41)44-33(29-11-2-1-3-12-29)25-26-40-43(44)38-19-8-9-20-39(38)46-40/h1-27,45H. The van der Waals surface area contributed by atoms with Gasteiger partial charge in [-0.05, 0) is 90.8 Å². The number of para-hydroxylation sites is 1. The predicted molar refractivity (Wildman–Crippen MR) is 192 cm³/mol. The van der Waals surface area contributed by atoms with E-state index in [9.17, 15) is 5.11 Å². The highest BCUT2D eigenvalue weighted by Crippen LogP contribution is 2.50. The van der Waals surface area contributed by atoms with E-state index in [1.54, 1.807) is 12.1 Å². The van der Waals surface area contributed by atoms with E-state index >= 15 is 0 Å². The van der Waals surface area contributed by atoms with Crippen molar-refractivity contribution in [1.29, 1.82) is 0 Å². The minimum Gasteiger partial charge on any atom is -0.508 e. The average molecular weight is 589 g/mol. The summed E-state index contributed by atoms with van der Waals surface area (Å²) in [6.07, 6.45) is 0. The normalized spacial score (nSPS) is 11.6. The van der Waals surface area contributed by atoms with Gasteiger partial charge in [0.2, 0.25) is 0 Å². The van der Waals surface area contributed by atoms with Crippen LogP contribution in [0.2, 0.25) is 0 Å². The summed E-state index contributed by atoms with van der Waals surface area (Å²) in [4.78, 5) is 0. The van der Waals surface area contributed by atoms with Crippen molar-refractivity contribution in [3.8, 4) is 50.3 Å². The number of rotatable bonds is 4. The molecule has 9 aromatic rings. The van der Waals surface area contributed by atoms with E-state index in [1.807, 2.05) is 18.2 Å². The Labute approximate surface area is 266 Å². The minimum atomic E-state index is 0.266. The van der Waals surface area contributed by atoms with Crippen molar-refractivity contribution < 1.29 is 9.52 Å². The molecule has 9 rings (SSSR count). The molecule has 0 unspecified atom stereocenters. The third-order valence-corrected chi connectivity index (χ3v) is 9.16. The molecule has 216 valence electrons. The van der Waals surface area contributed by atoms with Crippen molar-refractivity contribution in [3.63, 3.8) is 0 Å². The molecular formula is C44H28O2. The Kier molecular flexibility index (Phi) is 6.00. The quantitative estimate of drug-likeness (QED) is 0.208. The van der Waals surface area contributed by atoms with Gasteiger partial charge >= 0.3 is 0 Å². The van der Waals surface area contributed by atoms with Crippen LogP contribution in [0.5, 0.6) is 5.75 Å². The highest BCUT2D eigenvalue weighted by molar-refractivity contribution is 6.27. The number of hydrogen-bond acceptors (Lipinski definition) is 2. The van der Waals surface area contributed by atoms with Gasteiger partial charge in [0, 0.05) is 16.3 Å². The van der Waals surface area contributed by atoms with Gasteiger partial charge in [-0.1, -0.05) is 133 Å². The van der Waals surface area contributed by atoms with Crippen molar-refractivity contribution >= 4 is 43.5 Å². The monoisotopic (exact) mass is 588 g/mol. The second-order valence-electron chi connectivity index (χ2n) is 11.8. The maximum atomic E-state index is 9.89. The molecular weight excluding hydrogens is 560 g/mol. The van der Waals surface area contributed by atoms with E-state index in [-0.39, 0.29) is 5.75 Å². The summed E-state index contributed by atoms with van der Waals surface area (Å²) in [5, 5.41) is 16.9. The van der Waals surface area contributed by atoms with Crippen LogP contribution in [0.4, 0.5) is 0 Å².